The molecule has 9 heteroatoms. The molecule has 0 aromatic carbocycles. The van der Waals surface area contributed by atoms with Gasteiger partial charge in [-0.25, -0.2) is 9.79 Å². The highest BCUT2D eigenvalue weighted by atomic mass is 16.6. The molecule has 0 radical (unpaired) electrons. The summed E-state index contributed by atoms with van der Waals surface area (Å²) in [5.41, 5.74) is -0.508. The van der Waals surface area contributed by atoms with E-state index >= 15 is 0 Å². The summed E-state index contributed by atoms with van der Waals surface area (Å²) in [5.74, 6) is 2.77. The van der Waals surface area contributed by atoms with E-state index in [1.54, 1.807) is 0 Å². The maximum absolute atomic E-state index is 12.1. The molecule has 1 aromatic heterocycles. The number of alkyl carbamates (subject to hydrolysis) is 1. The number of carbonyl (C=O) groups is 1. The van der Waals surface area contributed by atoms with E-state index in [9.17, 15) is 4.79 Å². The molecule has 0 saturated heterocycles. The van der Waals surface area contributed by atoms with Gasteiger partial charge in [-0.1, -0.05) is 13.8 Å². The molecule has 0 aliphatic heterocycles. The van der Waals surface area contributed by atoms with Gasteiger partial charge >= 0.3 is 6.09 Å². The van der Waals surface area contributed by atoms with Crippen LogP contribution in [0.4, 0.5) is 4.79 Å². The van der Waals surface area contributed by atoms with Gasteiger partial charge in [0.2, 0.25) is 0 Å². The monoisotopic (exact) mass is 409 g/mol. The summed E-state index contributed by atoms with van der Waals surface area (Å²) in [6, 6.07) is 0.0107. The largest absolute Gasteiger partial charge is 0.444 e. The molecule has 0 fully saturated rings. The molecule has 0 bridgehead atoms. The van der Waals surface area contributed by atoms with Crippen LogP contribution in [0.1, 0.15) is 59.6 Å². The minimum Gasteiger partial charge on any atom is -0.444 e. The number of nitrogens with zero attached hydrogens (tertiary/aromatic N) is 5. The van der Waals surface area contributed by atoms with Gasteiger partial charge in [0, 0.05) is 33.2 Å². The summed E-state index contributed by atoms with van der Waals surface area (Å²) in [4.78, 5) is 18.9. The summed E-state index contributed by atoms with van der Waals surface area (Å²) in [6.45, 7) is 15.7. The fourth-order valence-corrected chi connectivity index (χ4v) is 2.67. The smallest absolute Gasteiger partial charge is 0.407 e. The Bertz CT molecular complexity index is 677. The van der Waals surface area contributed by atoms with Gasteiger partial charge in [-0.3, -0.25) is 0 Å². The number of hydrogen-bond donors (Lipinski definition) is 2. The molecule has 1 aromatic rings. The van der Waals surface area contributed by atoms with Gasteiger partial charge in [0.25, 0.3) is 0 Å². The first-order valence-electron chi connectivity index (χ1n) is 10.3. The molecule has 0 spiro atoms. The van der Waals surface area contributed by atoms with Crippen molar-refractivity contribution in [3.8, 4) is 0 Å². The topological polar surface area (TPSA) is 96.7 Å². The Morgan fingerprint density at radius 2 is 1.97 bits per heavy atom. The van der Waals surface area contributed by atoms with Gasteiger partial charge in [-0.05, 0) is 47.0 Å². The Kier molecular flexibility index (Phi) is 9.39. The van der Waals surface area contributed by atoms with E-state index < -0.39 is 5.60 Å². The van der Waals surface area contributed by atoms with E-state index in [0.717, 1.165) is 37.1 Å². The average Bonchev–Trinajstić information content (AvgIpc) is 2.92. The third-order valence-corrected chi connectivity index (χ3v) is 4.53. The summed E-state index contributed by atoms with van der Waals surface area (Å²) in [5, 5.41) is 14.5. The van der Waals surface area contributed by atoms with Crippen LogP contribution in [0.15, 0.2) is 4.99 Å². The molecule has 166 valence electrons. The molecular formula is C20H39N7O2. The number of guanidine groups is 1. The Hall–Kier alpha value is -2.32. The molecule has 2 N–H and O–H groups in total. The number of carbonyl (C=O) groups excluding carboxylic acids is 1. The lowest BCUT2D eigenvalue weighted by Crippen LogP contribution is -2.45. The van der Waals surface area contributed by atoms with Crippen LogP contribution in [0, 0.1) is 12.8 Å². The zero-order valence-corrected chi connectivity index (χ0v) is 19.5. The van der Waals surface area contributed by atoms with Crippen molar-refractivity contribution < 1.29 is 9.53 Å². The Labute approximate surface area is 175 Å². The van der Waals surface area contributed by atoms with Crippen molar-refractivity contribution in [2.45, 2.75) is 73.1 Å². The second-order valence-electron chi connectivity index (χ2n) is 8.60. The van der Waals surface area contributed by atoms with Gasteiger partial charge in [0.1, 0.15) is 18.0 Å². The number of aryl methyl sites for hydroxylation is 1. The zero-order valence-electron chi connectivity index (χ0n) is 19.5. The fraction of sp³-hybridized carbons (Fsp3) is 0.800. The first kappa shape index (κ1) is 24.7. The van der Waals surface area contributed by atoms with E-state index in [1.165, 1.54) is 0 Å². The number of aromatic nitrogens is 3. The quantitative estimate of drug-likeness (QED) is 0.506. The highest BCUT2D eigenvalue weighted by Gasteiger charge is 2.22. The van der Waals surface area contributed by atoms with Crippen molar-refractivity contribution in [2.24, 2.45) is 18.0 Å². The molecule has 1 unspecified atom stereocenters. The van der Waals surface area contributed by atoms with E-state index in [0.29, 0.717) is 6.54 Å². The standard InChI is InChI=1S/C20H39N7O2/c1-10-21-18(22-13-17-25-24-15(4)27(17)9)26(8)12-11-16(14(2)3)23-19(28)29-20(5,6)7/h14,16H,10-13H2,1-9H3,(H,21,22)(H,23,28). The van der Waals surface area contributed by atoms with Gasteiger partial charge in [-0.2, -0.15) is 0 Å². The zero-order chi connectivity index (χ0) is 22.2. The molecule has 0 saturated carbocycles. The van der Waals surface area contributed by atoms with Crippen molar-refractivity contribution >= 4 is 12.1 Å². The van der Waals surface area contributed by atoms with Crippen LogP contribution in [0.2, 0.25) is 0 Å². The first-order valence-corrected chi connectivity index (χ1v) is 10.3. The fourth-order valence-electron chi connectivity index (χ4n) is 2.67. The first-order chi connectivity index (χ1) is 13.4. The lowest BCUT2D eigenvalue weighted by atomic mass is 10.0. The van der Waals surface area contributed by atoms with Crippen molar-refractivity contribution in [2.75, 3.05) is 20.1 Å². The lowest BCUT2D eigenvalue weighted by Gasteiger charge is -2.28. The maximum Gasteiger partial charge on any atom is 0.407 e. The summed E-state index contributed by atoms with van der Waals surface area (Å²) < 4.78 is 7.33. The van der Waals surface area contributed by atoms with Crippen molar-refractivity contribution in [1.29, 1.82) is 0 Å². The van der Waals surface area contributed by atoms with Crippen LogP contribution in [-0.4, -0.2) is 63.5 Å². The SMILES string of the molecule is CCNC(=NCc1nnc(C)n1C)N(C)CCC(NC(=O)OC(C)(C)C)C(C)C. The maximum atomic E-state index is 12.1. The highest BCUT2D eigenvalue weighted by Crippen LogP contribution is 2.11. The van der Waals surface area contributed by atoms with Crippen molar-refractivity contribution in [3.05, 3.63) is 11.6 Å². The van der Waals surface area contributed by atoms with Crippen molar-refractivity contribution in [3.63, 3.8) is 0 Å². The molecule has 0 aliphatic carbocycles. The van der Waals surface area contributed by atoms with E-state index in [-0.39, 0.29) is 18.1 Å². The predicted octanol–water partition coefficient (Wildman–Crippen LogP) is 2.46. The van der Waals surface area contributed by atoms with E-state index in [2.05, 4.69) is 44.6 Å². The van der Waals surface area contributed by atoms with E-state index in [1.807, 2.05) is 53.3 Å². The van der Waals surface area contributed by atoms with Gasteiger partial charge < -0.3 is 24.8 Å². The highest BCUT2D eigenvalue weighted by molar-refractivity contribution is 5.79. The van der Waals surface area contributed by atoms with Crippen molar-refractivity contribution in [1.82, 2.24) is 30.3 Å². The number of nitrogens with one attached hydrogen (secondary N) is 2. The molecule has 1 atom stereocenters. The Morgan fingerprint density at radius 1 is 1.31 bits per heavy atom. The normalized spacial score (nSPS) is 13.4. The van der Waals surface area contributed by atoms with Crippen LogP contribution < -0.4 is 10.6 Å². The minimum absolute atomic E-state index is 0.0107. The summed E-state index contributed by atoms with van der Waals surface area (Å²) >= 11 is 0. The minimum atomic E-state index is -0.508. The molecule has 0 aliphatic rings. The second-order valence-corrected chi connectivity index (χ2v) is 8.60. The average molecular weight is 410 g/mol. The Balaban J connectivity index is 2.71. The van der Waals surface area contributed by atoms with Crippen LogP contribution in [0.3, 0.4) is 0 Å². The number of hydrogen-bond acceptors (Lipinski definition) is 5. The summed E-state index contributed by atoms with van der Waals surface area (Å²) in [7, 11) is 3.93. The van der Waals surface area contributed by atoms with Crippen LogP contribution in [-0.2, 0) is 18.3 Å². The van der Waals surface area contributed by atoms with E-state index in [4.69, 9.17) is 4.74 Å². The number of ether oxygens (including phenoxy) is 1. The molecule has 9 nitrogen and oxygen atoms in total. The number of aliphatic imine (C=N–C) groups is 1. The Morgan fingerprint density at radius 3 is 2.45 bits per heavy atom. The van der Waals surface area contributed by atoms with Gasteiger partial charge in [0.15, 0.2) is 11.8 Å². The molecule has 29 heavy (non-hydrogen) atoms. The molecule has 1 amide bonds. The third kappa shape index (κ3) is 8.70. The van der Waals surface area contributed by atoms with Crippen LogP contribution in [0.25, 0.3) is 0 Å². The number of rotatable bonds is 8. The van der Waals surface area contributed by atoms with Gasteiger partial charge in [0.05, 0.1) is 0 Å². The third-order valence-electron chi connectivity index (χ3n) is 4.53. The van der Waals surface area contributed by atoms with Crippen LogP contribution >= 0.6 is 0 Å². The molecule has 1 heterocycles. The molecule has 1 rings (SSSR count). The predicted molar refractivity (Wildman–Crippen MR) is 116 cm³/mol. The van der Waals surface area contributed by atoms with Crippen LogP contribution in [0.5, 0.6) is 0 Å². The lowest BCUT2D eigenvalue weighted by molar-refractivity contribution is 0.0486. The molecular weight excluding hydrogens is 370 g/mol. The summed E-state index contributed by atoms with van der Waals surface area (Å²) in [6.07, 6.45) is 0.401. The second kappa shape index (κ2) is 11.0. The van der Waals surface area contributed by atoms with Gasteiger partial charge in [-0.15, -0.1) is 10.2 Å². The number of amides is 1.